The number of fused-ring (bicyclic) bond motifs is 1. The largest absolute Gasteiger partial charge is 0.399 e. The Hall–Kier alpha value is -2.49. The SMILES string of the molecule is Cc1ccc2[nH]c(=O)n(-c3cccc(N)c3)c2c1. The second-order valence-electron chi connectivity index (χ2n) is 4.38. The highest BCUT2D eigenvalue weighted by Gasteiger charge is 2.08. The number of nitrogens with one attached hydrogen (secondary N) is 1. The summed E-state index contributed by atoms with van der Waals surface area (Å²) in [4.78, 5) is 14.9. The Labute approximate surface area is 104 Å². The molecule has 0 amide bonds. The fourth-order valence-electron chi connectivity index (χ4n) is 2.13. The highest BCUT2D eigenvalue weighted by Crippen LogP contribution is 2.18. The summed E-state index contributed by atoms with van der Waals surface area (Å²) < 4.78 is 1.64. The first kappa shape index (κ1) is 10.7. The van der Waals surface area contributed by atoms with Crippen LogP contribution >= 0.6 is 0 Å². The summed E-state index contributed by atoms with van der Waals surface area (Å²) in [7, 11) is 0. The highest BCUT2D eigenvalue weighted by molar-refractivity contribution is 5.78. The highest BCUT2D eigenvalue weighted by atomic mass is 16.1. The van der Waals surface area contributed by atoms with Gasteiger partial charge in [-0.3, -0.25) is 4.57 Å². The molecule has 0 aliphatic heterocycles. The lowest BCUT2D eigenvalue weighted by atomic mass is 10.2. The number of aromatic amines is 1. The molecule has 18 heavy (non-hydrogen) atoms. The van der Waals surface area contributed by atoms with E-state index in [1.54, 1.807) is 16.7 Å². The van der Waals surface area contributed by atoms with Crippen LogP contribution in [0.15, 0.2) is 47.3 Å². The lowest BCUT2D eigenvalue weighted by Crippen LogP contribution is -2.14. The summed E-state index contributed by atoms with van der Waals surface area (Å²) in [5.41, 5.74) is 9.83. The third kappa shape index (κ3) is 1.59. The van der Waals surface area contributed by atoms with E-state index in [0.29, 0.717) is 5.69 Å². The average Bonchev–Trinajstić information content (AvgIpc) is 2.64. The molecule has 2 aromatic carbocycles. The maximum atomic E-state index is 12.0. The average molecular weight is 239 g/mol. The number of anilines is 1. The summed E-state index contributed by atoms with van der Waals surface area (Å²) in [6.45, 7) is 2.00. The molecular weight excluding hydrogens is 226 g/mol. The Balaban J connectivity index is 2.38. The Bertz CT molecular complexity index is 783. The molecule has 3 aromatic rings. The van der Waals surface area contributed by atoms with Gasteiger partial charge in [-0.1, -0.05) is 12.1 Å². The van der Waals surface area contributed by atoms with E-state index in [2.05, 4.69) is 4.98 Å². The van der Waals surface area contributed by atoms with Crippen molar-refractivity contribution in [3.05, 3.63) is 58.5 Å². The monoisotopic (exact) mass is 239 g/mol. The van der Waals surface area contributed by atoms with Crippen molar-refractivity contribution in [1.29, 1.82) is 0 Å². The molecule has 4 heteroatoms. The number of aromatic nitrogens is 2. The third-order valence-corrected chi connectivity index (χ3v) is 2.97. The van der Waals surface area contributed by atoms with E-state index in [-0.39, 0.29) is 5.69 Å². The summed E-state index contributed by atoms with van der Waals surface area (Å²) in [6.07, 6.45) is 0. The van der Waals surface area contributed by atoms with E-state index in [4.69, 9.17) is 5.73 Å². The third-order valence-electron chi connectivity index (χ3n) is 2.97. The van der Waals surface area contributed by atoms with Crippen LogP contribution < -0.4 is 11.4 Å². The summed E-state index contributed by atoms with van der Waals surface area (Å²) >= 11 is 0. The number of benzene rings is 2. The van der Waals surface area contributed by atoms with Crippen LogP contribution in [0.3, 0.4) is 0 Å². The first-order chi connectivity index (χ1) is 8.65. The van der Waals surface area contributed by atoms with E-state index in [1.807, 2.05) is 37.3 Å². The van der Waals surface area contributed by atoms with Crippen LogP contribution in [0.4, 0.5) is 5.69 Å². The van der Waals surface area contributed by atoms with Crippen LogP contribution in [-0.2, 0) is 0 Å². The van der Waals surface area contributed by atoms with Crippen LogP contribution in [0.5, 0.6) is 0 Å². The topological polar surface area (TPSA) is 63.8 Å². The Morgan fingerprint density at radius 1 is 1.17 bits per heavy atom. The van der Waals surface area contributed by atoms with Gasteiger partial charge in [0.25, 0.3) is 0 Å². The lowest BCUT2D eigenvalue weighted by Gasteiger charge is -2.04. The standard InChI is InChI=1S/C14H13N3O/c1-9-5-6-12-13(7-9)17(14(18)16-12)11-4-2-3-10(15)8-11/h2-8H,15H2,1H3,(H,16,18). The molecule has 0 atom stereocenters. The molecule has 0 aliphatic rings. The van der Waals surface area contributed by atoms with Crippen molar-refractivity contribution in [3.8, 4) is 5.69 Å². The first-order valence-electron chi connectivity index (χ1n) is 5.72. The van der Waals surface area contributed by atoms with Gasteiger partial charge >= 0.3 is 5.69 Å². The zero-order valence-electron chi connectivity index (χ0n) is 9.97. The van der Waals surface area contributed by atoms with Crippen molar-refractivity contribution >= 4 is 16.7 Å². The maximum absolute atomic E-state index is 12.0. The van der Waals surface area contributed by atoms with Gasteiger partial charge in [0, 0.05) is 5.69 Å². The van der Waals surface area contributed by atoms with Gasteiger partial charge in [-0.2, -0.15) is 0 Å². The molecule has 1 aromatic heterocycles. The van der Waals surface area contributed by atoms with E-state index >= 15 is 0 Å². The molecule has 0 fully saturated rings. The normalized spacial score (nSPS) is 10.9. The van der Waals surface area contributed by atoms with Gasteiger partial charge in [-0.15, -0.1) is 0 Å². The minimum atomic E-state index is -0.152. The quantitative estimate of drug-likeness (QED) is 0.639. The van der Waals surface area contributed by atoms with Crippen molar-refractivity contribution in [3.63, 3.8) is 0 Å². The maximum Gasteiger partial charge on any atom is 0.331 e. The van der Waals surface area contributed by atoms with Gasteiger partial charge in [0.1, 0.15) is 0 Å². The number of nitrogen functional groups attached to an aromatic ring is 1. The van der Waals surface area contributed by atoms with Gasteiger partial charge in [0.2, 0.25) is 0 Å². The number of nitrogens with two attached hydrogens (primary N) is 1. The number of rotatable bonds is 1. The smallest absolute Gasteiger partial charge is 0.331 e. The Morgan fingerprint density at radius 3 is 2.78 bits per heavy atom. The molecular formula is C14H13N3O. The van der Waals surface area contributed by atoms with Crippen LogP contribution in [0.1, 0.15) is 5.56 Å². The molecule has 0 spiro atoms. The summed E-state index contributed by atoms with van der Waals surface area (Å²) in [5.74, 6) is 0. The van der Waals surface area contributed by atoms with Crippen molar-refractivity contribution in [2.75, 3.05) is 5.73 Å². The van der Waals surface area contributed by atoms with E-state index in [1.165, 1.54) is 0 Å². The van der Waals surface area contributed by atoms with E-state index in [9.17, 15) is 4.79 Å². The van der Waals surface area contributed by atoms with Crippen molar-refractivity contribution in [1.82, 2.24) is 9.55 Å². The molecule has 0 unspecified atom stereocenters. The van der Waals surface area contributed by atoms with Gasteiger partial charge in [-0.05, 0) is 42.8 Å². The second kappa shape index (κ2) is 3.77. The summed E-state index contributed by atoms with van der Waals surface area (Å²) in [6, 6.07) is 13.2. The second-order valence-corrected chi connectivity index (χ2v) is 4.38. The van der Waals surface area contributed by atoms with Gasteiger partial charge in [-0.25, -0.2) is 4.79 Å². The van der Waals surface area contributed by atoms with E-state index < -0.39 is 0 Å². The van der Waals surface area contributed by atoms with Crippen molar-refractivity contribution in [2.24, 2.45) is 0 Å². The first-order valence-corrected chi connectivity index (χ1v) is 5.72. The number of H-pyrrole nitrogens is 1. The molecule has 0 saturated carbocycles. The number of imidazole rings is 1. The number of hydrogen-bond donors (Lipinski definition) is 2. The molecule has 4 nitrogen and oxygen atoms in total. The van der Waals surface area contributed by atoms with Crippen LogP contribution in [-0.4, -0.2) is 9.55 Å². The minimum Gasteiger partial charge on any atom is -0.399 e. The van der Waals surface area contributed by atoms with Gasteiger partial charge < -0.3 is 10.7 Å². The number of nitrogens with zero attached hydrogens (tertiary/aromatic N) is 1. The fourth-order valence-corrected chi connectivity index (χ4v) is 2.13. The number of aryl methyl sites for hydroxylation is 1. The van der Waals surface area contributed by atoms with E-state index in [0.717, 1.165) is 22.3 Å². The molecule has 90 valence electrons. The van der Waals surface area contributed by atoms with Gasteiger partial charge in [0.15, 0.2) is 0 Å². The lowest BCUT2D eigenvalue weighted by molar-refractivity contribution is 1.02. The van der Waals surface area contributed by atoms with Crippen LogP contribution in [0.2, 0.25) is 0 Å². The molecule has 3 rings (SSSR count). The zero-order valence-corrected chi connectivity index (χ0v) is 9.97. The minimum absolute atomic E-state index is 0.152. The fraction of sp³-hybridized carbons (Fsp3) is 0.0714. The van der Waals surface area contributed by atoms with Crippen molar-refractivity contribution in [2.45, 2.75) is 6.92 Å². The van der Waals surface area contributed by atoms with Crippen molar-refractivity contribution < 1.29 is 0 Å². The molecule has 1 heterocycles. The van der Waals surface area contributed by atoms with Crippen LogP contribution in [0, 0.1) is 6.92 Å². The summed E-state index contributed by atoms with van der Waals surface area (Å²) in [5, 5.41) is 0. The molecule has 0 saturated heterocycles. The molecule has 3 N–H and O–H groups in total. The molecule has 0 bridgehead atoms. The Morgan fingerprint density at radius 2 is 2.00 bits per heavy atom. The molecule has 0 aliphatic carbocycles. The zero-order chi connectivity index (χ0) is 12.7. The Kier molecular flexibility index (Phi) is 2.23. The number of hydrogen-bond acceptors (Lipinski definition) is 2. The predicted molar refractivity (Wildman–Crippen MR) is 73.0 cm³/mol. The molecule has 0 radical (unpaired) electrons. The van der Waals surface area contributed by atoms with Gasteiger partial charge in [0.05, 0.1) is 16.7 Å². The van der Waals surface area contributed by atoms with Crippen LogP contribution in [0.25, 0.3) is 16.7 Å². The predicted octanol–water partition coefficient (Wildman–Crippen LogP) is 2.21.